The van der Waals surface area contributed by atoms with Gasteiger partial charge in [0.05, 0.1) is 12.7 Å². The molecule has 0 radical (unpaired) electrons. The van der Waals surface area contributed by atoms with E-state index in [2.05, 4.69) is 10.1 Å². The molecule has 0 fully saturated rings. The molecule has 0 spiro atoms. The number of hydrogen-bond donors (Lipinski definition) is 1. The van der Waals surface area contributed by atoms with E-state index >= 15 is 0 Å². The first-order chi connectivity index (χ1) is 12.6. The van der Waals surface area contributed by atoms with Crippen molar-refractivity contribution in [3.8, 4) is 5.75 Å². The zero-order valence-corrected chi connectivity index (χ0v) is 14.6. The lowest BCUT2D eigenvalue weighted by atomic mass is 10.1. The normalized spacial score (nSPS) is 11.6. The maximum absolute atomic E-state index is 12.4. The van der Waals surface area contributed by atoms with Crippen molar-refractivity contribution in [2.45, 2.75) is 13.0 Å². The number of benzene rings is 3. The van der Waals surface area contributed by atoms with E-state index in [1.807, 2.05) is 42.5 Å². The molecule has 26 heavy (non-hydrogen) atoms. The number of esters is 1. The monoisotopic (exact) mass is 349 g/mol. The van der Waals surface area contributed by atoms with E-state index in [9.17, 15) is 9.59 Å². The van der Waals surface area contributed by atoms with Crippen LogP contribution in [0.1, 0.15) is 17.3 Å². The molecular weight excluding hydrogens is 330 g/mol. The van der Waals surface area contributed by atoms with Gasteiger partial charge in [0.25, 0.3) is 5.91 Å². The van der Waals surface area contributed by atoms with E-state index in [1.165, 1.54) is 7.11 Å². The summed E-state index contributed by atoms with van der Waals surface area (Å²) in [6.07, 6.45) is -0.680. The van der Waals surface area contributed by atoms with Crippen molar-refractivity contribution in [2.24, 2.45) is 0 Å². The van der Waals surface area contributed by atoms with Gasteiger partial charge in [-0.25, -0.2) is 4.79 Å². The van der Waals surface area contributed by atoms with E-state index < -0.39 is 12.1 Å². The Kier molecular flexibility index (Phi) is 5.17. The molecule has 132 valence electrons. The first-order valence-electron chi connectivity index (χ1n) is 8.22. The van der Waals surface area contributed by atoms with E-state index in [1.54, 1.807) is 31.2 Å². The minimum absolute atomic E-state index is 0.274. The third-order valence-corrected chi connectivity index (χ3v) is 4.00. The zero-order chi connectivity index (χ0) is 18.5. The van der Waals surface area contributed by atoms with Crippen LogP contribution in [0.15, 0.2) is 66.7 Å². The van der Waals surface area contributed by atoms with Crippen LogP contribution in [0.5, 0.6) is 5.75 Å². The number of rotatable bonds is 5. The van der Waals surface area contributed by atoms with Crippen LogP contribution in [0.4, 0.5) is 5.69 Å². The minimum atomic E-state index is -0.680. The van der Waals surface area contributed by atoms with Gasteiger partial charge < -0.3 is 14.8 Å². The number of amides is 1. The van der Waals surface area contributed by atoms with E-state index in [0.717, 1.165) is 10.8 Å². The van der Waals surface area contributed by atoms with Crippen LogP contribution in [0.3, 0.4) is 0 Å². The molecule has 1 atom stereocenters. The fourth-order valence-electron chi connectivity index (χ4n) is 2.59. The Hall–Kier alpha value is -3.34. The Labute approximate surface area is 151 Å². The second kappa shape index (κ2) is 7.70. The molecule has 0 heterocycles. The number of carbonyl (C=O) groups excluding carboxylic acids is 2. The number of carbonyl (C=O) groups is 2. The number of anilines is 1. The molecule has 5 nitrogen and oxygen atoms in total. The highest BCUT2D eigenvalue weighted by Gasteiger charge is 2.16. The van der Waals surface area contributed by atoms with Crippen LogP contribution >= 0.6 is 0 Å². The lowest BCUT2D eigenvalue weighted by Crippen LogP contribution is -2.30. The summed E-state index contributed by atoms with van der Waals surface area (Å²) in [6, 6.07) is 20.1. The lowest BCUT2D eigenvalue weighted by molar-refractivity contribution is -0.122. The van der Waals surface area contributed by atoms with Gasteiger partial charge in [-0.15, -0.1) is 0 Å². The number of nitrogens with one attached hydrogen (secondary N) is 1. The number of hydrogen-bond acceptors (Lipinski definition) is 4. The average Bonchev–Trinajstić information content (AvgIpc) is 2.68. The molecule has 0 unspecified atom stereocenters. The molecule has 0 aliphatic rings. The molecule has 5 heteroatoms. The minimum Gasteiger partial charge on any atom is -0.480 e. The Balaban J connectivity index is 1.69. The summed E-state index contributed by atoms with van der Waals surface area (Å²) in [6.45, 7) is 1.69. The average molecular weight is 349 g/mol. The molecule has 0 saturated heterocycles. The number of methoxy groups -OCH3 is 1. The van der Waals surface area contributed by atoms with Crippen LogP contribution in [-0.2, 0) is 9.53 Å². The molecule has 3 rings (SSSR count). The van der Waals surface area contributed by atoms with Gasteiger partial charge in [0.2, 0.25) is 0 Å². The molecule has 0 aliphatic carbocycles. The van der Waals surface area contributed by atoms with Crippen LogP contribution in [0.25, 0.3) is 10.8 Å². The van der Waals surface area contributed by atoms with Gasteiger partial charge in [-0.2, -0.15) is 0 Å². The fraction of sp³-hybridized carbons (Fsp3) is 0.143. The maximum Gasteiger partial charge on any atom is 0.337 e. The number of ether oxygens (including phenoxy) is 2. The third kappa shape index (κ3) is 3.83. The molecule has 0 saturated carbocycles. The second-order valence-corrected chi connectivity index (χ2v) is 5.80. The highest BCUT2D eigenvalue weighted by Crippen LogP contribution is 2.26. The molecule has 3 aromatic rings. The summed E-state index contributed by atoms with van der Waals surface area (Å²) >= 11 is 0. The van der Waals surface area contributed by atoms with Crippen LogP contribution in [-0.4, -0.2) is 25.1 Å². The van der Waals surface area contributed by atoms with Crippen molar-refractivity contribution in [3.63, 3.8) is 0 Å². The van der Waals surface area contributed by atoms with E-state index in [4.69, 9.17) is 4.74 Å². The van der Waals surface area contributed by atoms with Crippen LogP contribution in [0.2, 0.25) is 0 Å². The summed E-state index contributed by atoms with van der Waals surface area (Å²) < 4.78 is 10.5. The number of fused-ring (bicyclic) bond motifs is 1. The molecule has 0 aromatic heterocycles. The maximum atomic E-state index is 12.4. The van der Waals surface area contributed by atoms with Crippen molar-refractivity contribution in [2.75, 3.05) is 12.4 Å². The topological polar surface area (TPSA) is 64.6 Å². The quantitative estimate of drug-likeness (QED) is 0.706. The molecular formula is C21H19NO4. The first kappa shape index (κ1) is 17.5. The third-order valence-electron chi connectivity index (χ3n) is 4.00. The molecule has 1 amide bonds. The fourth-order valence-corrected chi connectivity index (χ4v) is 2.59. The summed E-state index contributed by atoms with van der Waals surface area (Å²) in [7, 11) is 1.32. The SMILES string of the molecule is COC(=O)c1ccc(NC(=O)[C@@H](C)Oc2cccc3ccccc23)cc1. The van der Waals surface area contributed by atoms with Gasteiger partial charge in [-0.1, -0.05) is 36.4 Å². The standard InChI is InChI=1S/C21H19NO4/c1-14(26-19-9-5-7-15-6-3-4-8-18(15)19)20(23)22-17-12-10-16(11-13-17)21(24)25-2/h3-14H,1-2H3,(H,22,23)/t14-/m1/s1. The van der Waals surface area contributed by atoms with Crippen molar-refractivity contribution < 1.29 is 19.1 Å². The summed E-state index contributed by atoms with van der Waals surface area (Å²) in [4.78, 5) is 23.8. The van der Waals surface area contributed by atoms with Crippen molar-refractivity contribution in [1.29, 1.82) is 0 Å². The molecule has 1 N–H and O–H groups in total. The summed E-state index contributed by atoms with van der Waals surface area (Å²) in [5.41, 5.74) is 1.00. The van der Waals surface area contributed by atoms with E-state index in [0.29, 0.717) is 17.0 Å². The van der Waals surface area contributed by atoms with E-state index in [-0.39, 0.29) is 5.91 Å². The Morgan fingerprint density at radius 3 is 2.35 bits per heavy atom. The molecule has 0 bridgehead atoms. The lowest BCUT2D eigenvalue weighted by Gasteiger charge is -2.16. The van der Waals surface area contributed by atoms with Gasteiger partial charge >= 0.3 is 5.97 Å². The highest BCUT2D eigenvalue weighted by atomic mass is 16.5. The molecule has 0 aliphatic heterocycles. The second-order valence-electron chi connectivity index (χ2n) is 5.80. The highest BCUT2D eigenvalue weighted by molar-refractivity contribution is 5.96. The van der Waals surface area contributed by atoms with Gasteiger partial charge in [0, 0.05) is 11.1 Å². The van der Waals surface area contributed by atoms with Crippen molar-refractivity contribution in [3.05, 3.63) is 72.3 Å². The Morgan fingerprint density at radius 2 is 1.62 bits per heavy atom. The molecule has 3 aromatic carbocycles. The van der Waals surface area contributed by atoms with Gasteiger partial charge in [0.1, 0.15) is 5.75 Å². The predicted molar refractivity (Wildman–Crippen MR) is 100 cm³/mol. The first-order valence-corrected chi connectivity index (χ1v) is 8.22. The van der Waals surface area contributed by atoms with Gasteiger partial charge in [-0.05, 0) is 42.6 Å². The summed E-state index contributed by atoms with van der Waals surface area (Å²) in [5, 5.41) is 4.79. The smallest absolute Gasteiger partial charge is 0.337 e. The Bertz CT molecular complexity index is 929. The van der Waals surface area contributed by atoms with Gasteiger partial charge in [0.15, 0.2) is 6.10 Å². The predicted octanol–water partition coefficient (Wildman–Crippen LogP) is 4.03. The zero-order valence-electron chi connectivity index (χ0n) is 14.6. The van der Waals surface area contributed by atoms with Gasteiger partial charge in [-0.3, -0.25) is 4.79 Å². The largest absolute Gasteiger partial charge is 0.480 e. The Morgan fingerprint density at radius 1 is 0.923 bits per heavy atom. The van der Waals surface area contributed by atoms with Crippen molar-refractivity contribution >= 4 is 28.3 Å². The van der Waals surface area contributed by atoms with Crippen LogP contribution < -0.4 is 10.1 Å². The summed E-state index contributed by atoms with van der Waals surface area (Å²) in [5.74, 6) is -0.0360. The van der Waals surface area contributed by atoms with Crippen molar-refractivity contribution in [1.82, 2.24) is 0 Å². The van der Waals surface area contributed by atoms with Crippen LogP contribution in [0, 0.1) is 0 Å².